The minimum Gasteiger partial charge on any atom is -0.494 e. The molecule has 1 heterocycles. The highest BCUT2D eigenvalue weighted by Crippen LogP contribution is 2.14. The van der Waals surface area contributed by atoms with Gasteiger partial charge in [0.25, 0.3) is 0 Å². The number of ether oxygens (including phenoxy) is 1. The van der Waals surface area contributed by atoms with Crippen LogP contribution in [0.4, 0.5) is 0 Å². The van der Waals surface area contributed by atoms with Crippen molar-refractivity contribution in [2.45, 2.75) is 46.2 Å². The van der Waals surface area contributed by atoms with E-state index in [2.05, 4.69) is 72.6 Å². The molecule has 1 unspecified atom stereocenters. The van der Waals surface area contributed by atoms with Crippen LogP contribution >= 0.6 is 24.0 Å². The van der Waals surface area contributed by atoms with Crippen molar-refractivity contribution in [1.29, 1.82) is 0 Å². The van der Waals surface area contributed by atoms with E-state index in [1.807, 2.05) is 23.9 Å². The van der Waals surface area contributed by atoms with Crippen LogP contribution in [0.3, 0.4) is 0 Å². The summed E-state index contributed by atoms with van der Waals surface area (Å²) in [5, 5.41) is 11.4. The van der Waals surface area contributed by atoms with Crippen molar-refractivity contribution in [3.05, 3.63) is 46.8 Å². The minimum atomic E-state index is 0. The number of benzene rings is 1. The normalized spacial score (nSPS) is 12.5. The summed E-state index contributed by atoms with van der Waals surface area (Å²) in [6, 6.07) is 8.48. The summed E-state index contributed by atoms with van der Waals surface area (Å²) in [4.78, 5) is 6.53. The third-order valence-electron chi connectivity index (χ3n) is 5.18. The molecule has 7 nitrogen and oxygen atoms in total. The van der Waals surface area contributed by atoms with Crippen molar-refractivity contribution in [3.63, 3.8) is 0 Å². The van der Waals surface area contributed by atoms with Gasteiger partial charge in [0.2, 0.25) is 0 Å². The highest BCUT2D eigenvalue weighted by Gasteiger charge is 2.14. The van der Waals surface area contributed by atoms with Crippen molar-refractivity contribution < 1.29 is 4.74 Å². The summed E-state index contributed by atoms with van der Waals surface area (Å²) >= 11 is 0. The van der Waals surface area contributed by atoms with Crippen molar-refractivity contribution in [2.24, 2.45) is 12.0 Å². The van der Waals surface area contributed by atoms with Crippen LogP contribution in [0.25, 0.3) is 0 Å². The highest BCUT2D eigenvalue weighted by atomic mass is 127. The summed E-state index contributed by atoms with van der Waals surface area (Å²) in [5.41, 5.74) is 4.79. The number of nitrogens with one attached hydrogen (secondary N) is 2. The van der Waals surface area contributed by atoms with Gasteiger partial charge in [-0.2, -0.15) is 5.10 Å². The van der Waals surface area contributed by atoms with E-state index in [0.29, 0.717) is 6.54 Å². The van der Waals surface area contributed by atoms with Crippen LogP contribution < -0.4 is 15.4 Å². The fourth-order valence-corrected chi connectivity index (χ4v) is 3.36. The van der Waals surface area contributed by atoms with Gasteiger partial charge in [0.15, 0.2) is 5.96 Å². The lowest BCUT2D eigenvalue weighted by molar-refractivity contribution is 0.281. The molecule has 174 valence electrons. The van der Waals surface area contributed by atoms with Crippen molar-refractivity contribution >= 4 is 29.9 Å². The molecule has 1 aromatic carbocycles. The molecule has 0 radical (unpaired) electrons. The van der Waals surface area contributed by atoms with Crippen molar-refractivity contribution in [2.75, 3.05) is 34.3 Å². The topological polar surface area (TPSA) is 66.7 Å². The largest absolute Gasteiger partial charge is 0.494 e. The fourth-order valence-electron chi connectivity index (χ4n) is 3.36. The maximum absolute atomic E-state index is 5.80. The lowest BCUT2D eigenvalue weighted by Crippen LogP contribution is -2.42. The molecular weight excluding hydrogens is 503 g/mol. The first-order valence-electron chi connectivity index (χ1n) is 10.6. The van der Waals surface area contributed by atoms with Gasteiger partial charge in [-0.05, 0) is 71.0 Å². The Labute approximate surface area is 204 Å². The second-order valence-corrected chi connectivity index (χ2v) is 8.10. The molecule has 0 fully saturated rings. The van der Waals surface area contributed by atoms with E-state index in [0.717, 1.165) is 43.4 Å². The molecule has 31 heavy (non-hydrogen) atoms. The minimum absolute atomic E-state index is 0. The lowest BCUT2D eigenvalue weighted by Gasteiger charge is -2.18. The SMILES string of the molecule is CN=C(NCc1ccc(OCCCN(C)C)cc1)NC(C)Cc1c(C)nn(C)c1C.I. The van der Waals surface area contributed by atoms with Crippen LogP contribution in [0.5, 0.6) is 5.75 Å². The molecule has 8 heteroatoms. The number of hydrogen-bond donors (Lipinski definition) is 2. The monoisotopic (exact) mass is 542 g/mol. The van der Waals surface area contributed by atoms with Gasteiger partial charge in [0, 0.05) is 38.9 Å². The average molecular weight is 543 g/mol. The number of rotatable bonds is 10. The third-order valence-corrected chi connectivity index (χ3v) is 5.18. The Kier molecular flexibility index (Phi) is 11.9. The second kappa shape index (κ2) is 13.6. The molecule has 0 aliphatic heterocycles. The van der Waals surface area contributed by atoms with E-state index >= 15 is 0 Å². The Morgan fingerprint density at radius 2 is 1.90 bits per heavy atom. The quantitative estimate of drug-likeness (QED) is 0.209. The Bertz CT molecular complexity index is 816. The van der Waals surface area contributed by atoms with Gasteiger partial charge in [-0.1, -0.05) is 12.1 Å². The van der Waals surface area contributed by atoms with E-state index < -0.39 is 0 Å². The molecular formula is C23H39IN6O. The smallest absolute Gasteiger partial charge is 0.191 e. The zero-order valence-corrected chi connectivity index (χ0v) is 22.4. The van der Waals surface area contributed by atoms with Gasteiger partial charge >= 0.3 is 0 Å². The molecule has 1 aromatic heterocycles. The molecule has 2 aromatic rings. The zero-order valence-electron chi connectivity index (χ0n) is 20.0. The van der Waals surface area contributed by atoms with Gasteiger partial charge in [-0.3, -0.25) is 9.67 Å². The van der Waals surface area contributed by atoms with E-state index in [9.17, 15) is 0 Å². The van der Waals surface area contributed by atoms with E-state index in [1.165, 1.54) is 16.8 Å². The second-order valence-electron chi connectivity index (χ2n) is 8.10. The van der Waals surface area contributed by atoms with Crippen LogP contribution in [0.15, 0.2) is 29.3 Å². The van der Waals surface area contributed by atoms with Gasteiger partial charge in [-0.15, -0.1) is 24.0 Å². The van der Waals surface area contributed by atoms with Gasteiger partial charge in [0.05, 0.1) is 12.3 Å². The third kappa shape index (κ3) is 9.06. The zero-order chi connectivity index (χ0) is 22.1. The molecule has 0 saturated heterocycles. The maximum atomic E-state index is 5.80. The van der Waals surface area contributed by atoms with E-state index in [4.69, 9.17) is 4.74 Å². The standard InChI is InChI=1S/C23H38N6O.HI/c1-17(15-22-18(2)27-29(7)19(22)3)26-23(24-4)25-16-20-9-11-21(12-10-20)30-14-8-13-28(5)6;/h9-12,17H,8,13-16H2,1-7H3,(H2,24,25,26);1H. The molecule has 2 N–H and O–H groups in total. The molecule has 0 saturated carbocycles. The van der Waals surface area contributed by atoms with Crippen molar-refractivity contribution in [1.82, 2.24) is 25.3 Å². The summed E-state index contributed by atoms with van der Waals surface area (Å²) in [7, 11) is 7.94. The number of hydrogen-bond acceptors (Lipinski definition) is 4. The molecule has 0 aliphatic rings. The molecule has 0 bridgehead atoms. The fraction of sp³-hybridized carbons (Fsp3) is 0.565. The Morgan fingerprint density at radius 1 is 1.23 bits per heavy atom. The molecule has 0 aliphatic carbocycles. The number of halogens is 1. The Balaban J connectivity index is 0.00000480. The summed E-state index contributed by atoms with van der Waals surface area (Å²) in [5.74, 6) is 1.71. The molecule has 2 rings (SSSR count). The first kappa shape index (κ1) is 27.2. The average Bonchev–Trinajstić information content (AvgIpc) is 2.95. The van der Waals surface area contributed by atoms with Crippen LogP contribution in [-0.2, 0) is 20.0 Å². The van der Waals surface area contributed by atoms with Gasteiger partial charge < -0.3 is 20.3 Å². The molecule has 0 spiro atoms. The summed E-state index contributed by atoms with van der Waals surface area (Å²) in [6.07, 6.45) is 1.93. The maximum Gasteiger partial charge on any atom is 0.191 e. The highest BCUT2D eigenvalue weighted by molar-refractivity contribution is 14.0. The first-order chi connectivity index (χ1) is 14.3. The van der Waals surface area contributed by atoms with Crippen molar-refractivity contribution in [3.8, 4) is 5.75 Å². The lowest BCUT2D eigenvalue weighted by atomic mass is 10.1. The predicted molar refractivity (Wildman–Crippen MR) is 140 cm³/mol. The Morgan fingerprint density at radius 3 is 2.45 bits per heavy atom. The van der Waals surface area contributed by atoms with E-state index in [1.54, 1.807) is 7.05 Å². The van der Waals surface area contributed by atoms with E-state index in [-0.39, 0.29) is 30.0 Å². The van der Waals surface area contributed by atoms with Crippen LogP contribution in [0.1, 0.15) is 35.9 Å². The summed E-state index contributed by atoms with van der Waals surface area (Å²) < 4.78 is 7.74. The number of nitrogens with zero attached hydrogens (tertiary/aromatic N) is 4. The summed E-state index contributed by atoms with van der Waals surface area (Å²) in [6.45, 7) is 8.83. The first-order valence-corrected chi connectivity index (χ1v) is 10.6. The van der Waals surface area contributed by atoms with Gasteiger partial charge in [0.1, 0.15) is 5.75 Å². The Hall–Kier alpha value is -1.81. The van der Waals surface area contributed by atoms with Gasteiger partial charge in [-0.25, -0.2) is 0 Å². The number of guanidine groups is 1. The van der Waals surface area contributed by atoms with Crippen LogP contribution in [0.2, 0.25) is 0 Å². The molecule has 1 atom stereocenters. The number of aliphatic imine (C=N–C) groups is 1. The number of aryl methyl sites for hydroxylation is 2. The predicted octanol–water partition coefficient (Wildman–Crippen LogP) is 3.28. The number of aromatic nitrogens is 2. The molecule has 0 amide bonds. The van der Waals surface area contributed by atoms with Crippen LogP contribution in [0, 0.1) is 13.8 Å². The van der Waals surface area contributed by atoms with Crippen LogP contribution in [-0.4, -0.2) is 61.0 Å².